The van der Waals surface area contributed by atoms with E-state index in [4.69, 9.17) is 29.2 Å². The minimum absolute atomic E-state index is 0.0272. The number of hydrogen-bond acceptors (Lipinski definition) is 14. The van der Waals surface area contributed by atoms with Crippen molar-refractivity contribution in [3.05, 3.63) is 83.2 Å². The molecule has 1 heterocycles. The molecular weight excluding hydrogens is 939 g/mol. The van der Waals surface area contributed by atoms with Crippen LogP contribution in [0.15, 0.2) is 60.8 Å². The van der Waals surface area contributed by atoms with Gasteiger partial charge in [-0.15, -0.1) is 5.10 Å². The van der Waals surface area contributed by atoms with E-state index in [9.17, 15) is 43.5 Å². The zero-order chi connectivity index (χ0) is 52.9. The summed E-state index contributed by atoms with van der Waals surface area (Å²) in [6.07, 6.45) is 8.58. The molecule has 2 atom stereocenters. The van der Waals surface area contributed by atoms with Crippen LogP contribution in [-0.2, 0) is 51.1 Å². The molecule has 22 heteroatoms. The summed E-state index contributed by atoms with van der Waals surface area (Å²) in [6.45, 7) is 9.09. The molecule has 0 saturated heterocycles. The third-order valence-electron chi connectivity index (χ3n) is 10.4. The second kappa shape index (κ2) is 37.2. The zero-order valence-electron chi connectivity index (χ0n) is 41.6. The zero-order valence-corrected chi connectivity index (χ0v) is 41.6. The molecule has 0 unspecified atom stereocenters. The number of Topliss-reactive ketones (excluding diaryl/α,β-unsaturated/α-hetero) is 2. The largest absolute Gasteiger partial charge is 0.481 e. The van der Waals surface area contributed by atoms with Crippen molar-refractivity contribution in [1.82, 2.24) is 36.3 Å². The second-order valence-electron chi connectivity index (χ2n) is 16.8. The van der Waals surface area contributed by atoms with Crippen molar-refractivity contribution in [1.29, 1.82) is 0 Å². The molecule has 1 aromatic heterocycles. The first-order valence-electron chi connectivity index (χ1n) is 24.3. The Balaban J connectivity index is 0.000000514. The van der Waals surface area contributed by atoms with Crippen LogP contribution in [0.5, 0.6) is 0 Å². The Hall–Kier alpha value is -6.62. The van der Waals surface area contributed by atoms with Crippen LogP contribution >= 0.6 is 0 Å². The van der Waals surface area contributed by atoms with Crippen molar-refractivity contribution in [2.75, 3.05) is 59.3 Å². The fourth-order valence-corrected chi connectivity index (χ4v) is 6.51. The third-order valence-corrected chi connectivity index (χ3v) is 10.4. The summed E-state index contributed by atoms with van der Waals surface area (Å²) >= 11 is 0. The van der Waals surface area contributed by atoms with Gasteiger partial charge in [0.1, 0.15) is 18.7 Å². The van der Waals surface area contributed by atoms with Crippen molar-refractivity contribution in [3.8, 4) is 0 Å². The lowest BCUT2D eigenvalue weighted by molar-refractivity contribution is -0.141. The number of aryl methyl sites for hydroxylation is 2. The number of aliphatic carboxylic acids is 3. The van der Waals surface area contributed by atoms with E-state index in [-0.39, 0.29) is 48.9 Å². The van der Waals surface area contributed by atoms with Gasteiger partial charge in [-0.05, 0) is 77.8 Å². The Kier molecular flexibility index (Phi) is 31.8. The number of carboxylic acids is 3. The highest BCUT2D eigenvalue weighted by Crippen LogP contribution is 2.12. The predicted molar refractivity (Wildman–Crippen MR) is 263 cm³/mol. The molecule has 0 saturated carbocycles. The van der Waals surface area contributed by atoms with E-state index in [1.807, 2.05) is 50.4 Å². The van der Waals surface area contributed by atoms with Crippen LogP contribution in [0.2, 0.25) is 0 Å². The molecular formula is C50H73N7O15. The summed E-state index contributed by atoms with van der Waals surface area (Å²) in [5.41, 5.74) is 2.71. The van der Waals surface area contributed by atoms with Crippen molar-refractivity contribution < 1.29 is 72.6 Å². The van der Waals surface area contributed by atoms with Gasteiger partial charge in [-0.25, -0.2) is 14.4 Å². The van der Waals surface area contributed by atoms with E-state index in [0.29, 0.717) is 89.7 Å². The number of carbonyl (C=O) groups excluding carboxylic acids is 5. The summed E-state index contributed by atoms with van der Waals surface area (Å²) in [6, 6.07) is 12.2. The molecule has 2 aromatic carbocycles. The number of carbonyl (C=O) groups is 8. The van der Waals surface area contributed by atoms with Gasteiger partial charge in [0.05, 0.1) is 51.4 Å². The topological polar surface area (TPSA) is 313 Å². The number of ether oxygens (including phenoxy) is 4. The predicted octanol–water partition coefficient (Wildman–Crippen LogP) is 4.49. The summed E-state index contributed by atoms with van der Waals surface area (Å²) in [5.74, 6) is -4.10. The molecule has 0 aliphatic carbocycles. The van der Waals surface area contributed by atoms with Gasteiger partial charge in [0.15, 0.2) is 11.6 Å². The molecule has 0 bridgehead atoms. The Morgan fingerprint density at radius 1 is 0.625 bits per heavy atom. The highest BCUT2D eigenvalue weighted by atomic mass is 16.5. The number of hydrogen-bond donors (Lipinski definition) is 7. The number of rotatable bonds is 38. The van der Waals surface area contributed by atoms with Crippen LogP contribution in [0.1, 0.15) is 128 Å². The molecule has 22 nitrogen and oxygen atoms in total. The first kappa shape index (κ1) is 61.5. The number of unbranched alkanes of at least 4 members (excludes halogenated alkanes) is 5. The molecule has 0 aliphatic heterocycles. The van der Waals surface area contributed by atoms with Crippen molar-refractivity contribution >= 4 is 47.3 Å². The van der Waals surface area contributed by atoms with E-state index >= 15 is 0 Å². The SMILES string of the molecule is CC(=O)c1ccc(C(=O)NCCOCCOCCOCCNC(=O)COC(C)C)cc1.O=C(O)CC[C@H](NC(=O)N[C@@H](CCCCn1cc(CCCCCCCC(=O)c2ccccc2)nn1)C(=O)O)C(=O)O. The molecule has 7 N–H and O–H groups in total. The van der Waals surface area contributed by atoms with Gasteiger partial charge in [0, 0.05) is 55.4 Å². The Labute approximate surface area is 420 Å². The van der Waals surface area contributed by atoms with Gasteiger partial charge in [0.25, 0.3) is 5.91 Å². The second-order valence-corrected chi connectivity index (χ2v) is 16.8. The lowest BCUT2D eigenvalue weighted by atomic mass is 10.0. The average molecular weight is 1010 g/mol. The summed E-state index contributed by atoms with van der Waals surface area (Å²) in [5, 5.41) is 45.3. The Morgan fingerprint density at radius 3 is 1.79 bits per heavy atom. The number of nitrogens with zero attached hydrogens (tertiary/aromatic N) is 3. The van der Waals surface area contributed by atoms with Crippen molar-refractivity contribution in [2.45, 2.75) is 123 Å². The number of carboxylic acid groups (broad SMARTS) is 3. The molecule has 3 aromatic rings. The molecule has 0 spiro atoms. The van der Waals surface area contributed by atoms with E-state index in [1.54, 1.807) is 28.9 Å². The Morgan fingerprint density at radius 2 is 1.19 bits per heavy atom. The van der Waals surface area contributed by atoms with Gasteiger partial charge in [-0.3, -0.25) is 28.7 Å². The standard InChI is InChI=1S/C28H39N5O8.C22H34N2O7/c34-24(20-11-5-4-6-12-20)15-8-3-1-2-7-13-21-19-33(32-31-21)18-10-9-14-22(26(37)38)29-28(41)30-23(27(39)40)16-17-25(35)36;1-17(2)31-16-21(26)23-8-10-28-12-14-30-15-13-29-11-9-24-22(27)20-6-4-19(5-7-20)18(3)25/h4-6,11-12,19,22-23H,1-3,7-10,13-18H2,(H,35,36)(H,37,38)(H,39,40)(H2,29,30,41);4-7,17H,8-16H2,1-3H3,(H,23,26)(H,24,27)/t22-,23-;/m0./s1. The van der Waals surface area contributed by atoms with Gasteiger partial charge < -0.3 is 55.5 Å². The number of amides is 4. The van der Waals surface area contributed by atoms with Crippen LogP contribution in [-0.4, -0.2) is 155 Å². The molecule has 72 heavy (non-hydrogen) atoms. The number of ketones is 2. The van der Waals surface area contributed by atoms with Gasteiger partial charge in [0.2, 0.25) is 5.91 Å². The number of benzene rings is 2. The first-order chi connectivity index (χ1) is 34.5. The highest BCUT2D eigenvalue weighted by Gasteiger charge is 2.25. The summed E-state index contributed by atoms with van der Waals surface area (Å²) < 4.78 is 23.0. The smallest absolute Gasteiger partial charge is 0.326 e. The molecule has 0 fully saturated rings. The minimum Gasteiger partial charge on any atom is -0.481 e. The number of urea groups is 1. The molecule has 0 aliphatic rings. The normalized spacial score (nSPS) is 11.7. The van der Waals surface area contributed by atoms with E-state index in [1.165, 1.54) is 6.92 Å². The van der Waals surface area contributed by atoms with E-state index in [0.717, 1.165) is 49.8 Å². The summed E-state index contributed by atoms with van der Waals surface area (Å²) in [7, 11) is 0. The van der Waals surface area contributed by atoms with Crippen molar-refractivity contribution in [2.24, 2.45) is 0 Å². The molecule has 4 amide bonds. The van der Waals surface area contributed by atoms with Gasteiger partial charge in [-0.1, -0.05) is 66.9 Å². The molecule has 0 radical (unpaired) electrons. The lowest BCUT2D eigenvalue weighted by Crippen LogP contribution is -2.51. The third kappa shape index (κ3) is 29.5. The van der Waals surface area contributed by atoms with E-state index in [2.05, 4.69) is 31.6 Å². The number of nitrogens with one attached hydrogen (secondary N) is 4. The van der Waals surface area contributed by atoms with E-state index < -0.39 is 42.4 Å². The van der Waals surface area contributed by atoms with Gasteiger partial charge in [-0.2, -0.15) is 0 Å². The average Bonchev–Trinajstić information content (AvgIpc) is 3.81. The maximum Gasteiger partial charge on any atom is 0.326 e. The van der Waals surface area contributed by atoms with Crippen LogP contribution in [0, 0.1) is 0 Å². The molecule has 3 rings (SSSR count). The maximum absolute atomic E-state index is 12.1. The van der Waals surface area contributed by atoms with Crippen molar-refractivity contribution in [3.63, 3.8) is 0 Å². The van der Waals surface area contributed by atoms with Crippen LogP contribution in [0.3, 0.4) is 0 Å². The monoisotopic (exact) mass is 1010 g/mol. The molecule has 398 valence electrons. The fourth-order valence-electron chi connectivity index (χ4n) is 6.51. The highest BCUT2D eigenvalue weighted by molar-refractivity contribution is 5.98. The fraction of sp³-hybridized carbons (Fsp3) is 0.560. The van der Waals surface area contributed by atoms with Crippen LogP contribution in [0.4, 0.5) is 4.79 Å². The Bertz CT molecular complexity index is 2080. The quantitative estimate of drug-likeness (QED) is 0.0307. The van der Waals surface area contributed by atoms with Crippen LogP contribution in [0.25, 0.3) is 0 Å². The van der Waals surface area contributed by atoms with Gasteiger partial charge >= 0.3 is 23.9 Å². The summed E-state index contributed by atoms with van der Waals surface area (Å²) in [4.78, 5) is 92.2. The number of aromatic nitrogens is 3. The lowest BCUT2D eigenvalue weighted by Gasteiger charge is -2.18. The first-order valence-corrected chi connectivity index (χ1v) is 24.3. The minimum atomic E-state index is -1.45. The maximum atomic E-state index is 12.1. The van der Waals surface area contributed by atoms with Crippen LogP contribution < -0.4 is 21.3 Å².